The third kappa shape index (κ3) is 1.74. The summed E-state index contributed by atoms with van der Waals surface area (Å²) in [6.07, 6.45) is -2.11. The fourth-order valence-electron chi connectivity index (χ4n) is 7.49. The number of ketones is 1. The van der Waals surface area contributed by atoms with Gasteiger partial charge in [-0.2, -0.15) is 0 Å². The minimum Gasteiger partial charge on any atom is -0.462 e. The van der Waals surface area contributed by atoms with Crippen molar-refractivity contribution in [1.29, 1.82) is 0 Å². The van der Waals surface area contributed by atoms with Gasteiger partial charge in [0.2, 0.25) is 0 Å². The minimum atomic E-state index is -1.28. The zero-order valence-corrected chi connectivity index (χ0v) is 15.7. The van der Waals surface area contributed by atoms with Gasteiger partial charge in [-0.25, -0.2) is 0 Å². The van der Waals surface area contributed by atoms with Gasteiger partial charge in [-0.1, -0.05) is 12.5 Å². The van der Waals surface area contributed by atoms with Crippen molar-refractivity contribution in [1.82, 2.24) is 0 Å². The molecule has 5 rings (SSSR count). The molecule has 3 N–H and O–H groups in total. The van der Waals surface area contributed by atoms with E-state index in [0.29, 0.717) is 6.42 Å². The Balaban J connectivity index is 1.77. The predicted molar refractivity (Wildman–Crippen MR) is 91.3 cm³/mol. The molecule has 1 spiro atoms. The maximum Gasteiger partial charge on any atom is 0.306 e. The molecule has 2 bridgehead atoms. The molecule has 7 heteroatoms. The van der Waals surface area contributed by atoms with Crippen molar-refractivity contribution in [2.45, 2.75) is 63.6 Å². The molecule has 10 atom stereocenters. The number of carbonyl (C=O) groups is 2. The van der Waals surface area contributed by atoms with Crippen molar-refractivity contribution in [2.75, 3.05) is 6.61 Å². The van der Waals surface area contributed by atoms with Crippen LogP contribution in [0.5, 0.6) is 0 Å². The number of allylic oxidation sites excluding steroid dienone is 1. The van der Waals surface area contributed by atoms with Gasteiger partial charge in [0.15, 0.2) is 5.78 Å². The van der Waals surface area contributed by atoms with Gasteiger partial charge in [-0.05, 0) is 32.3 Å². The molecule has 4 fully saturated rings. The third-order valence-corrected chi connectivity index (χ3v) is 8.70. The van der Waals surface area contributed by atoms with Gasteiger partial charge in [0.05, 0.1) is 24.7 Å². The Labute approximate surface area is 157 Å². The van der Waals surface area contributed by atoms with E-state index < -0.39 is 46.8 Å². The smallest absolute Gasteiger partial charge is 0.306 e. The first-order valence-corrected chi connectivity index (χ1v) is 9.68. The van der Waals surface area contributed by atoms with Crippen LogP contribution in [0.15, 0.2) is 11.6 Å². The molecule has 148 valence electrons. The monoisotopic (exact) mass is 378 g/mol. The average Bonchev–Trinajstić information content (AvgIpc) is 2.86. The van der Waals surface area contributed by atoms with Crippen molar-refractivity contribution in [3.05, 3.63) is 11.6 Å². The molecule has 3 aliphatic carbocycles. The van der Waals surface area contributed by atoms with E-state index >= 15 is 0 Å². The summed E-state index contributed by atoms with van der Waals surface area (Å²) in [7, 11) is 0. The maximum absolute atomic E-state index is 12.5. The summed E-state index contributed by atoms with van der Waals surface area (Å²) in [5, 5.41) is 33.1. The molecule has 5 aliphatic rings. The van der Waals surface area contributed by atoms with Crippen LogP contribution >= 0.6 is 0 Å². The zero-order chi connectivity index (χ0) is 19.5. The van der Waals surface area contributed by atoms with E-state index in [1.807, 2.05) is 13.8 Å². The van der Waals surface area contributed by atoms with Crippen LogP contribution < -0.4 is 0 Å². The molecule has 2 saturated carbocycles. The fraction of sp³-hybridized carbons (Fsp3) is 0.800. The van der Waals surface area contributed by atoms with Crippen LogP contribution in [0, 0.1) is 28.6 Å². The van der Waals surface area contributed by atoms with E-state index in [1.165, 1.54) is 6.08 Å². The second-order valence-corrected chi connectivity index (χ2v) is 9.58. The van der Waals surface area contributed by atoms with E-state index in [0.717, 1.165) is 5.57 Å². The highest BCUT2D eigenvalue weighted by atomic mass is 16.6. The number of carbonyl (C=O) groups excluding carboxylic acids is 2. The lowest BCUT2D eigenvalue weighted by atomic mass is 9.38. The lowest BCUT2D eigenvalue weighted by Gasteiger charge is -2.67. The van der Waals surface area contributed by atoms with Crippen LogP contribution in [-0.4, -0.2) is 63.7 Å². The van der Waals surface area contributed by atoms with E-state index in [2.05, 4.69) is 0 Å². The number of ether oxygens (including phenoxy) is 2. The Bertz CT molecular complexity index is 776. The molecule has 0 aromatic heterocycles. The average molecular weight is 378 g/mol. The number of hydrogen-bond donors (Lipinski definition) is 3. The Morgan fingerprint density at radius 1 is 1.19 bits per heavy atom. The van der Waals surface area contributed by atoms with Gasteiger partial charge < -0.3 is 24.8 Å². The quantitative estimate of drug-likeness (QED) is 0.507. The molecular weight excluding hydrogens is 352 g/mol. The van der Waals surface area contributed by atoms with Gasteiger partial charge in [-0.15, -0.1) is 0 Å². The summed E-state index contributed by atoms with van der Waals surface area (Å²) in [6.45, 7) is 5.65. The van der Waals surface area contributed by atoms with Crippen LogP contribution in [0.4, 0.5) is 0 Å². The highest BCUT2D eigenvalue weighted by Gasteiger charge is 2.80. The Hall–Kier alpha value is -1.28. The molecule has 0 aromatic carbocycles. The molecule has 0 amide bonds. The summed E-state index contributed by atoms with van der Waals surface area (Å²) in [5.41, 5.74) is -1.92. The zero-order valence-electron chi connectivity index (χ0n) is 15.7. The Morgan fingerprint density at radius 2 is 1.89 bits per heavy atom. The van der Waals surface area contributed by atoms with Crippen molar-refractivity contribution in [3.8, 4) is 0 Å². The van der Waals surface area contributed by atoms with Gasteiger partial charge in [-0.3, -0.25) is 9.59 Å². The van der Waals surface area contributed by atoms with Gasteiger partial charge in [0.25, 0.3) is 0 Å². The van der Waals surface area contributed by atoms with Crippen molar-refractivity contribution >= 4 is 11.8 Å². The molecule has 0 aromatic rings. The van der Waals surface area contributed by atoms with Crippen LogP contribution in [-0.2, 0) is 19.1 Å². The molecule has 2 aliphatic heterocycles. The van der Waals surface area contributed by atoms with E-state index in [-0.39, 0.29) is 36.6 Å². The van der Waals surface area contributed by atoms with Crippen LogP contribution in [0.2, 0.25) is 0 Å². The Morgan fingerprint density at radius 3 is 2.59 bits per heavy atom. The molecule has 2 heterocycles. The first-order chi connectivity index (χ1) is 12.6. The molecule has 27 heavy (non-hydrogen) atoms. The lowest BCUT2D eigenvalue weighted by Crippen LogP contribution is -2.76. The largest absolute Gasteiger partial charge is 0.462 e. The maximum atomic E-state index is 12.5. The molecule has 7 nitrogen and oxygen atoms in total. The first kappa shape index (κ1) is 17.8. The minimum absolute atomic E-state index is 0.104. The highest BCUT2D eigenvalue weighted by molar-refractivity contribution is 5.96. The van der Waals surface area contributed by atoms with Crippen LogP contribution in [0.3, 0.4) is 0 Å². The first-order valence-electron chi connectivity index (χ1n) is 9.68. The lowest BCUT2D eigenvalue weighted by molar-refractivity contribution is -0.280. The number of fused-ring (bicyclic) bond motifs is 2. The second kappa shape index (κ2) is 5.00. The summed E-state index contributed by atoms with van der Waals surface area (Å²) < 4.78 is 11.8. The fourth-order valence-corrected chi connectivity index (χ4v) is 7.49. The summed E-state index contributed by atoms with van der Waals surface area (Å²) in [4.78, 5) is 24.9. The van der Waals surface area contributed by atoms with Crippen LogP contribution in [0.1, 0.15) is 33.6 Å². The Kier molecular flexibility index (Phi) is 3.30. The highest BCUT2D eigenvalue weighted by Crippen LogP contribution is 2.72. The van der Waals surface area contributed by atoms with E-state index in [1.54, 1.807) is 6.92 Å². The van der Waals surface area contributed by atoms with E-state index in [4.69, 9.17) is 9.47 Å². The SMILES string of the molecule is CC1=CC(=O)[C@@H](O)[C@@]2(C)[C@H]1C[C@H]1OC(=O)C[C@@H]3C14CO[C@@]3(C)[C@@H](O)[C@H](O)[C@@H]42. The number of rotatable bonds is 0. The number of aliphatic hydroxyl groups excluding tert-OH is 3. The number of aliphatic hydroxyl groups is 3. The van der Waals surface area contributed by atoms with Gasteiger partial charge in [0, 0.05) is 22.7 Å². The second-order valence-electron chi connectivity index (χ2n) is 9.58. The van der Waals surface area contributed by atoms with E-state index in [9.17, 15) is 24.9 Å². The predicted octanol–water partition coefficient (Wildman–Crippen LogP) is -0.0389. The van der Waals surface area contributed by atoms with Crippen LogP contribution in [0.25, 0.3) is 0 Å². The van der Waals surface area contributed by atoms with Crippen molar-refractivity contribution in [2.24, 2.45) is 28.6 Å². The third-order valence-electron chi connectivity index (χ3n) is 8.70. The van der Waals surface area contributed by atoms with Gasteiger partial charge in [0.1, 0.15) is 18.3 Å². The normalized spacial score (nSPS) is 58.9. The molecule has 1 unspecified atom stereocenters. The molecule has 2 saturated heterocycles. The summed E-state index contributed by atoms with van der Waals surface area (Å²) >= 11 is 0. The van der Waals surface area contributed by atoms with Gasteiger partial charge >= 0.3 is 5.97 Å². The number of hydrogen-bond acceptors (Lipinski definition) is 7. The summed E-state index contributed by atoms with van der Waals surface area (Å²) in [5.74, 6) is -1.88. The summed E-state index contributed by atoms with van der Waals surface area (Å²) in [6, 6.07) is 0. The standard InChI is InChI=1S/C20H26O7/c1-8-4-10(21)16(24)18(2)9(8)5-12-20-7-26-19(3,11(20)6-13(22)27-12)17(25)14(23)15(18)20/h4,9,11-12,14-17,23-25H,5-7H2,1-3H3/t9-,11-,12+,14+,15+,16+,17-,18-,19+,20?/m0/s1. The molecular formula is C20H26O7. The van der Waals surface area contributed by atoms with Crippen molar-refractivity contribution < 1.29 is 34.4 Å². The molecule has 0 radical (unpaired) electrons. The topological polar surface area (TPSA) is 113 Å². The van der Waals surface area contributed by atoms with Crippen molar-refractivity contribution in [3.63, 3.8) is 0 Å². The number of esters is 1.